The maximum atomic E-state index is 6.16. The van der Waals surface area contributed by atoms with E-state index in [1.165, 1.54) is 12.8 Å². The quantitative estimate of drug-likeness (QED) is 0.330. The highest BCUT2D eigenvalue weighted by molar-refractivity contribution is 14.0. The molecule has 1 aromatic rings. The van der Waals surface area contributed by atoms with Crippen LogP contribution < -0.4 is 20.1 Å². The zero-order chi connectivity index (χ0) is 19.0. The second-order valence-electron chi connectivity index (χ2n) is 7.25. The van der Waals surface area contributed by atoms with Crippen molar-refractivity contribution < 1.29 is 14.2 Å². The van der Waals surface area contributed by atoms with Crippen molar-refractivity contribution in [1.82, 2.24) is 10.6 Å². The van der Waals surface area contributed by atoms with Gasteiger partial charge in [0.15, 0.2) is 17.5 Å². The van der Waals surface area contributed by atoms with Gasteiger partial charge in [0, 0.05) is 27.2 Å². The number of nitrogens with one attached hydrogen (secondary N) is 2. The van der Waals surface area contributed by atoms with E-state index in [2.05, 4.69) is 21.7 Å². The molecule has 0 heterocycles. The number of hydrogen-bond acceptors (Lipinski definition) is 4. The summed E-state index contributed by atoms with van der Waals surface area (Å²) in [5, 5.41) is 6.61. The van der Waals surface area contributed by atoms with Crippen molar-refractivity contribution in [2.75, 3.05) is 27.8 Å². The lowest BCUT2D eigenvalue weighted by Crippen LogP contribution is -2.45. The zero-order valence-corrected chi connectivity index (χ0v) is 19.5. The van der Waals surface area contributed by atoms with Crippen molar-refractivity contribution >= 4 is 29.9 Å². The van der Waals surface area contributed by atoms with E-state index >= 15 is 0 Å². The smallest absolute Gasteiger partial charge is 0.191 e. The van der Waals surface area contributed by atoms with Crippen LogP contribution in [0.15, 0.2) is 23.2 Å². The van der Waals surface area contributed by atoms with E-state index in [9.17, 15) is 0 Å². The first-order valence-electron chi connectivity index (χ1n) is 9.30. The second-order valence-corrected chi connectivity index (χ2v) is 7.25. The Morgan fingerprint density at radius 2 is 1.85 bits per heavy atom. The van der Waals surface area contributed by atoms with Gasteiger partial charge in [-0.2, -0.15) is 0 Å². The molecule has 0 aromatic heterocycles. The standard InChI is InChI=1S/C20H33N3O3.HI/c1-20(2,25-5)14-23-19(21-3)22-13-15-10-11-17(24-4)18(12-15)26-16-8-6-7-9-16;/h10-12,16H,6-9,13-14H2,1-5H3,(H2,21,22,23);1H. The van der Waals surface area contributed by atoms with Gasteiger partial charge in [0.2, 0.25) is 0 Å². The third kappa shape index (κ3) is 7.73. The van der Waals surface area contributed by atoms with Crippen molar-refractivity contribution in [3.8, 4) is 11.5 Å². The Kier molecular flexibility index (Phi) is 10.2. The molecule has 1 fully saturated rings. The Labute approximate surface area is 180 Å². The fraction of sp³-hybridized carbons (Fsp3) is 0.650. The Morgan fingerprint density at radius 3 is 2.44 bits per heavy atom. The van der Waals surface area contributed by atoms with Crippen LogP contribution in [0.25, 0.3) is 0 Å². The number of guanidine groups is 1. The van der Waals surface area contributed by atoms with Crippen LogP contribution in [0, 0.1) is 0 Å². The molecule has 0 saturated heterocycles. The number of halogens is 1. The molecule has 7 heteroatoms. The number of rotatable bonds is 8. The van der Waals surface area contributed by atoms with Crippen LogP contribution in [0.1, 0.15) is 45.1 Å². The zero-order valence-electron chi connectivity index (χ0n) is 17.1. The van der Waals surface area contributed by atoms with Crippen LogP contribution in [0.3, 0.4) is 0 Å². The van der Waals surface area contributed by atoms with Crippen LogP contribution in [-0.2, 0) is 11.3 Å². The van der Waals surface area contributed by atoms with E-state index in [0.29, 0.717) is 19.2 Å². The van der Waals surface area contributed by atoms with E-state index in [4.69, 9.17) is 14.2 Å². The summed E-state index contributed by atoms with van der Waals surface area (Å²) in [6.45, 7) is 5.38. The molecule has 0 atom stereocenters. The third-order valence-electron chi connectivity index (χ3n) is 4.74. The Hall–Kier alpha value is -1.22. The molecule has 2 rings (SSSR count). The molecule has 0 aliphatic heterocycles. The van der Waals surface area contributed by atoms with E-state index < -0.39 is 0 Å². The maximum absolute atomic E-state index is 6.16. The van der Waals surface area contributed by atoms with Gasteiger partial charge in [0.1, 0.15) is 0 Å². The lowest BCUT2D eigenvalue weighted by Gasteiger charge is -2.24. The fourth-order valence-corrected chi connectivity index (χ4v) is 2.88. The highest BCUT2D eigenvalue weighted by Crippen LogP contribution is 2.32. The van der Waals surface area contributed by atoms with Gasteiger partial charge in [0.25, 0.3) is 0 Å². The summed E-state index contributed by atoms with van der Waals surface area (Å²) in [4.78, 5) is 4.26. The Morgan fingerprint density at radius 1 is 1.15 bits per heavy atom. The molecule has 0 bridgehead atoms. The number of hydrogen-bond donors (Lipinski definition) is 2. The second kappa shape index (κ2) is 11.6. The number of nitrogens with zero attached hydrogens (tertiary/aromatic N) is 1. The first-order valence-corrected chi connectivity index (χ1v) is 9.30. The molecule has 6 nitrogen and oxygen atoms in total. The summed E-state index contributed by atoms with van der Waals surface area (Å²) in [6.07, 6.45) is 5.04. The largest absolute Gasteiger partial charge is 0.493 e. The predicted octanol–water partition coefficient (Wildman–Crippen LogP) is 3.72. The maximum Gasteiger partial charge on any atom is 0.191 e. The van der Waals surface area contributed by atoms with Crippen LogP contribution >= 0.6 is 24.0 Å². The summed E-state index contributed by atoms with van der Waals surface area (Å²) in [5.41, 5.74) is 0.868. The molecule has 1 saturated carbocycles. The van der Waals surface area contributed by atoms with Crippen LogP contribution in [0.2, 0.25) is 0 Å². The fourth-order valence-electron chi connectivity index (χ4n) is 2.88. The minimum atomic E-state index is -0.250. The molecule has 27 heavy (non-hydrogen) atoms. The molecule has 1 aliphatic rings. The molecule has 1 aromatic carbocycles. The van der Waals surface area contributed by atoms with E-state index in [1.807, 2.05) is 26.0 Å². The Balaban J connectivity index is 0.00000364. The molecular weight excluding hydrogens is 457 g/mol. The van der Waals surface area contributed by atoms with Gasteiger partial charge in [0.05, 0.1) is 18.8 Å². The van der Waals surface area contributed by atoms with Crippen molar-refractivity contribution in [2.45, 2.75) is 57.8 Å². The van der Waals surface area contributed by atoms with Gasteiger partial charge in [-0.05, 0) is 57.2 Å². The van der Waals surface area contributed by atoms with Gasteiger partial charge in [-0.3, -0.25) is 4.99 Å². The van der Waals surface area contributed by atoms with Gasteiger partial charge in [-0.25, -0.2) is 0 Å². The first kappa shape index (κ1) is 23.8. The first-order chi connectivity index (χ1) is 12.5. The third-order valence-corrected chi connectivity index (χ3v) is 4.74. The topological polar surface area (TPSA) is 64.1 Å². The summed E-state index contributed by atoms with van der Waals surface area (Å²) in [6, 6.07) is 6.06. The van der Waals surface area contributed by atoms with E-state index in [-0.39, 0.29) is 29.6 Å². The minimum absolute atomic E-state index is 0. The van der Waals surface area contributed by atoms with Crippen molar-refractivity contribution in [3.05, 3.63) is 23.8 Å². The van der Waals surface area contributed by atoms with Crippen LogP contribution in [0.5, 0.6) is 11.5 Å². The van der Waals surface area contributed by atoms with Gasteiger partial charge >= 0.3 is 0 Å². The van der Waals surface area contributed by atoms with Crippen LogP contribution in [-0.4, -0.2) is 45.5 Å². The molecule has 0 unspecified atom stereocenters. The van der Waals surface area contributed by atoms with Gasteiger partial charge in [-0.15, -0.1) is 24.0 Å². The molecular formula is C20H34IN3O3. The monoisotopic (exact) mass is 491 g/mol. The van der Waals surface area contributed by atoms with Crippen molar-refractivity contribution in [2.24, 2.45) is 4.99 Å². The van der Waals surface area contributed by atoms with Crippen LogP contribution in [0.4, 0.5) is 0 Å². The molecule has 0 spiro atoms. The van der Waals surface area contributed by atoms with Gasteiger partial charge in [-0.1, -0.05) is 6.07 Å². The normalized spacial score (nSPS) is 15.2. The average Bonchev–Trinajstić information content (AvgIpc) is 3.15. The molecule has 0 amide bonds. The van der Waals surface area contributed by atoms with Crippen molar-refractivity contribution in [3.63, 3.8) is 0 Å². The lowest BCUT2D eigenvalue weighted by atomic mass is 10.1. The number of ether oxygens (including phenoxy) is 3. The lowest BCUT2D eigenvalue weighted by molar-refractivity contribution is 0.0268. The Bertz CT molecular complexity index is 602. The molecule has 154 valence electrons. The summed E-state index contributed by atoms with van der Waals surface area (Å²) in [5.74, 6) is 2.34. The van der Waals surface area contributed by atoms with Gasteiger partial charge < -0.3 is 24.8 Å². The van der Waals surface area contributed by atoms with E-state index in [1.54, 1.807) is 21.3 Å². The molecule has 1 aliphatic carbocycles. The summed E-state index contributed by atoms with van der Waals surface area (Å²) >= 11 is 0. The highest BCUT2D eigenvalue weighted by Gasteiger charge is 2.19. The minimum Gasteiger partial charge on any atom is -0.493 e. The molecule has 2 N–H and O–H groups in total. The average molecular weight is 491 g/mol. The number of methoxy groups -OCH3 is 2. The molecule has 0 radical (unpaired) electrons. The summed E-state index contributed by atoms with van der Waals surface area (Å²) in [7, 11) is 5.15. The van der Waals surface area contributed by atoms with Crippen molar-refractivity contribution in [1.29, 1.82) is 0 Å². The number of aliphatic imine (C=N–C) groups is 1. The van der Waals surface area contributed by atoms with E-state index in [0.717, 1.165) is 35.9 Å². The predicted molar refractivity (Wildman–Crippen MR) is 121 cm³/mol. The highest BCUT2D eigenvalue weighted by atomic mass is 127. The number of benzene rings is 1. The summed E-state index contributed by atoms with van der Waals surface area (Å²) < 4.78 is 17.0. The SMILES string of the molecule is CN=C(NCc1ccc(OC)c(OC2CCCC2)c1)NCC(C)(C)OC.I.